The smallest absolute Gasteiger partial charge is 0.123 e. The third kappa shape index (κ3) is 2.62. The van der Waals surface area contributed by atoms with Crippen LogP contribution in [0.3, 0.4) is 0 Å². The molecule has 0 saturated carbocycles. The summed E-state index contributed by atoms with van der Waals surface area (Å²) in [6.07, 6.45) is 5.45. The topological polar surface area (TPSA) is 42.1 Å². The summed E-state index contributed by atoms with van der Waals surface area (Å²) < 4.78 is 0. The molecule has 0 atom stereocenters. The number of aromatic nitrogens is 1. The van der Waals surface area contributed by atoms with Crippen molar-refractivity contribution in [3.05, 3.63) is 43.6 Å². The summed E-state index contributed by atoms with van der Waals surface area (Å²) in [4.78, 5) is 6.14. The summed E-state index contributed by atoms with van der Waals surface area (Å²) in [5, 5.41) is 0. The third-order valence-corrected chi connectivity index (χ3v) is 1.83. The van der Waals surface area contributed by atoms with Gasteiger partial charge >= 0.3 is 0 Å². The second kappa shape index (κ2) is 5.07. The van der Waals surface area contributed by atoms with Crippen molar-refractivity contribution in [1.82, 2.24) is 4.98 Å². The first-order valence-electron chi connectivity index (χ1n) is 4.46. The predicted molar refractivity (Wildman–Crippen MR) is 61.3 cm³/mol. The Balaban J connectivity index is 2.80. The van der Waals surface area contributed by atoms with Crippen LogP contribution in [0.1, 0.15) is 0 Å². The highest BCUT2D eigenvalue weighted by Gasteiger charge is 2.01. The van der Waals surface area contributed by atoms with Crippen LogP contribution in [0.4, 0.5) is 11.5 Å². The van der Waals surface area contributed by atoms with Crippen LogP contribution in [0, 0.1) is 0 Å². The number of anilines is 2. The van der Waals surface area contributed by atoms with E-state index in [0.717, 1.165) is 18.8 Å². The van der Waals surface area contributed by atoms with Gasteiger partial charge in [-0.1, -0.05) is 12.2 Å². The van der Waals surface area contributed by atoms with Crippen molar-refractivity contribution in [2.24, 2.45) is 0 Å². The highest BCUT2D eigenvalue weighted by atomic mass is 15.1. The molecule has 0 aliphatic carbocycles. The number of nitrogen functional groups attached to an aromatic ring is 1. The quantitative estimate of drug-likeness (QED) is 0.719. The van der Waals surface area contributed by atoms with Crippen LogP contribution in [0.25, 0.3) is 0 Å². The van der Waals surface area contributed by atoms with Gasteiger partial charge in [0.25, 0.3) is 0 Å². The molecule has 1 aromatic rings. The molecular formula is C11H15N3. The molecule has 0 amide bonds. The predicted octanol–water partition coefficient (Wildman–Crippen LogP) is 1.84. The Hall–Kier alpha value is -1.77. The molecule has 14 heavy (non-hydrogen) atoms. The standard InChI is InChI=1S/C11H15N3/c1-3-7-14(8-4-2)10-5-6-11(12)13-9-10/h3-6,9H,1-2,7-8H2,(H2,12,13). The Morgan fingerprint density at radius 3 is 2.36 bits per heavy atom. The Morgan fingerprint density at radius 1 is 1.29 bits per heavy atom. The van der Waals surface area contributed by atoms with E-state index in [0.29, 0.717) is 5.82 Å². The average molecular weight is 189 g/mol. The lowest BCUT2D eigenvalue weighted by molar-refractivity contribution is 0.951. The van der Waals surface area contributed by atoms with Crippen molar-refractivity contribution in [2.45, 2.75) is 0 Å². The highest BCUT2D eigenvalue weighted by Crippen LogP contribution is 2.13. The molecule has 0 saturated heterocycles. The number of hydrogen-bond acceptors (Lipinski definition) is 3. The summed E-state index contributed by atoms with van der Waals surface area (Å²) in [7, 11) is 0. The normalized spacial score (nSPS) is 9.43. The van der Waals surface area contributed by atoms with Crippen LogP contribution in [-0.2, 0) is 0 Å². The van der Waals surface area contributed by atoms with Gasteiger partial charge < -0.3 is 10.6 Å². The molecular weight excluding hydrogens is 174 g/mol. The molecule has 74 valence electrons. The van der Waals surface area contributed by atoms with Crippen LogP contribution >= 0.6 is 0 Å². The van der Waals surface area contributed by atoms with E-state index in [4.69, 9.17) is 5.73 Å². The van der Waals surface area contributed by atoms with Crippen LogP contribution in [0.5, 0.6) is 0 Å². The number of pyridine rings is 1. The number of nitrogens with zero attached hydrogens (tertiary/aromatic N) is 2. The van der Waals surface area contributed by atoms with Gasteiger partial charge in [0.2, 0.25) is 0 Å². The number of rotatable bonds is 5. The van der Waals surface area contributed by atoms with Gasteiger partial charge in [-0.3, -0.25) is 0 Å². The largest absolute Gasteiger partial charge is 0.384 e. The fourth-order valence-electron chi connectivity index (χ4n) is 1.18. The molecule has 0 aliphatic heterocycles. The van der Waals surface area contributed by atoms with Gasteiger partial charge in [-0.2, -0.15) is 0 Å². The van der Waals surface area contributed by atoms with Gasteiger partial charge in [-0.25, -0.2) is 4.98 Å². The van der Waals surface area contributed by atoms with Gasteiger partial charge in [0.05, 0.1) is 11.9 Å². The minimum atomic E-state index is 0.533. The van der Waals surface area contributed by atoms with E-state index in [-0.39, 0.29) is 0 Å². The third-order valence-electron chi connectivity index (χ3n) is 1.83. The van der Waals surface area contributed by atoms with E-state index in [1.165, 1.54) is 0 Å². The molecule has 0 unspecified atom stereocenters. The van der Waals surface area contributed by atoms with Crippen molar-refractivity contribution in [2.75, 3.05) is 23.7 Å². The van der Waals surface area contributed by atoms with E-state index in [1.54, 1.807) is 12.3 Å². The van der Waals surface area contributed by atoms with Crippen molar-refractivity contribution >= 4 is 11.5 Å². The minimum absolute atomic E-state index is 0.533. The molecule has 0 spiro atoms. The first-order valence-corrected chi connectivity index (χ1v) is 4.46. The fraction of sp³-hybridized carbons (Fsp3) is 0.182. The lowest BCUT2D eigenvalue weighted by Gasteiger charge is -2.20. The zero-order valence-electron chi connectivity index (χ0n) is 8.19. The van der Waals surface area contributed by atoms with Crippen LogP contribution in [0.2, 0.25) is 0 Å². The maximum atomic E-state index is 5.50. The molecule has 0 fully saturated rings. The van der Waals surface area contributed by atoms with Crippen LogP contribution in [-0.4, -0.2) is 18.1 Å². The SMILES string of the molecule is C=CCN(CC=C)c1ccc(N)nc1. The molecule has 1 aromatic heterocycles. The summed E-state index contributed by atoms with van der Waals surface area (Å²) in [5.41, 5.74) is 6.53. The summed E-state index contributed by atoms with van der Waals surface area (Å²) in [6.45, 7) is 8.96. The molecule has 1 heterocycles. The Kier molecular flexibility index (Phi) is 3.73. The van der Waals surface area contributed by atoms with Crippen molar-refractivity contribution in [3.63, 3.8) is 0 Å². The summed E-state index contributed by atoms with van der Waals surface area (Å²) in [6, 6.07) is 3.73. The summed E-state index contributed by atoms with van der Waals surface area (Å²) >= 11 is 0. The van der Waals surface area contributed by atoms with Gasteiger partial charge in [0.1, 0.15) is 5.82 Å². The van der Waals surface area contributed by atoms with Crippen molar-refractivity contribution in [3.8, 4) is 0 Å². The van der Waals surface area contributed by atoms with E-state index in [1.807, 2.05) is 18.2 Å². The maximum absolute atomic E-state index is 5.50. The van der Waals surface area contributed by atoms with Crippen LogP contribution in [0.15, 0.2) is 43.6 Å². The van der Waals surface area contributed by atoms with Crippen LogP contribution < -0.4 is 10.6 Å². The second-order valence-corrected chi connectivity index (χ2v) is 2.92. The Morgan fingerprint density at radius 2 is 1.93 bits per heavy atom. The average Bonchev–Trinajstić information content (AvgIpc) is 2.19. The molecule has 3 heteroatoms. The van der Waals surface area contributed by atoms with E-state index in [9.17, 15) is 0 Å². The molecule has 1 rings (SSSR count). The zero-order valence-corrected chi connectivity index (χ0v) is 8.19. The lowest BCUT2D eigenvalue weighted by Crippen LogP contribution is -2.23. The number of hydrogen-bond donors (Lipinski definition) is 1. The first kappa shape index (κ1) is 10.3. The molecule has 2 N–H and O–H groups in total. The Bertz CT molecular complexity index is 293. The molecule has 0 aromatic carbocycles. The van der Waals surface area contributed by atoms with Gasteiger partial charge in [0.15, 0.2) is 0 Å². The van der Waals surface area contributed by atoms with Gasteiger partial charge in [-0.05, 0) is 12.1 Å². The monoisotopic (exact) mass is 189 g/mol. The lowest BCUT2D eigenvalue weighted by atomic mass is 10.3. The van der Waals surface area contributed by atoms with E-state index in [2.05, 4.69) is 23.0 Å². The molecule has 0 bridgehead atoms. The number of nitrogens with two attached hydrogens (primary N) is 1. The highest BCUT2D eigenvalue weighted by molar-refractivity contribution is 5.48. The second-order valence-electron chi connectivity index (χ2n) is 2.92. The fourth-order valence-corrected chi connectivity index (χ4v) is 1.18. The summed E-state index contributed by atoms with van der Waals surface area (Å²) in [5.74, 6) is 0.533. The molecule has 0 radical (unpaired) electrons. The Labute approximate surface area is 84.6 Å². The van der Waals surface area contributed by atoms with E-state index < -0.39 is 0 Å². The minimum Gasteiger partial charge on any atom is -0.384 e. The molecule has 3 nitrogen and oxygen atoms in total. The maximum Gasteiger partial charge on any atom is 0.123 e. The molecule has 0 aliphatic rings. The van der Waals surface area contributed by atoms with Crippen molar-refractivity contribution in [1.29, 1.82) is 0 Å². The van der Waals surface area contributed by atoms with Gasteiger partial charge in [-0.15, -0.1) is 13.2 Å². The zero-order chi connectivity index (χ0) is 10.4. The van der Waals surface area contributed by atoms with Crippen molar-refractivity contribution < 1.29 is 0 Å². The van der Waals surface area contributed by atoms with E-state index >= 15 is 0 Å². The van der Waals surface area contributed by atoms with Gasteiger partial charge in [0, 0.05) is 13.1 Å². The first-order chi connectivity index (χ1) is 6.77.